The van der Waals surface area contributed by atoms with Crippen LogP contribution in [-0.2, 0) is 6.42 Å². The van der Waals surface area contributed by atoms with Crippen LogP contribution < -0.4 is 9.61 Å². The van der Waals surface area contributed by atoms with Crippen molar-refractivity contribution in [3.63, 3.8) is 0 Å². The average Bonchev–Trinajstić information content (AvgIpc) is 2.78. The Morgan fingerprint density at radius 3 is 2.76 bits per heavy atom. The van der Waals surface area contributed by atoms with E-state index in [0.717, 1.165) is 29.1 Å². The molecule has 0 aliphatic carbocycles. The van der Waals surface area contributed by atoms with Gasteiger partial charge in [-0.3, -0.25) is 9.78 Å². The first-order valence-corrected chi connectivity index (χ1v) is 8.14. The van der Waals surface area contributed by atoms with Crippen molar-refractivity contribution in [2.75, 3.05) is 6.61 Å². The third-order valence-electron chi connectivity index (χ3n) is 3.28. The molecule has 114 valence electrons. The highest BCUT2D eigenvalue weighted by molar-refractivity contribution is 7.09. The zero-order valence-corrected chi connectivity index (χ0v) is 13.0. The monoisotopic (exact) mass is 307 g/mol. The number of aromatic nitrogens is 1. The van der Waals surface area contributed by atoms with Crippen LogP contribution in [0.1, 0.15) is 43.0 Å². The molecule has 0 aliphatic heterocycles. The lowest BCUT2D eigenvalue weighted by molar-refractivity contribution is 0.302. The van der Waals surface area contributed by atoms with Gasteiger partial charge in [0.05, 0.1) is 11.5 Å². The van der Waals surface area contributed by atoms with Gasteiger partial charge in [0, 0.05) is 6.42 Å². The van der Waals surface area contributed by atoms with E-state index in [1.165, 1.54) is 19.3 Å². The van der Waals surface area contributed by atoms with Crippen LogP contribution >= 0.6 is 11.3 Å². The Morgan fingerprint density at radius 1 is 1.24 bits per heavy atom. The van der Waals surface area contributed by atoms with E-state index in [-0.39, 0.29) is 10.8 Å². The van der Waals surface area contributed by atoms with Crippen molar-refractivity contribution in [1.82, 2.24) is 4.98 Å². The number of H-pyrrole nitrogens is 1. The molecule has 1 aromatic carbocycles. The van der Waals surface area contributed by atoms with Crippen molar-refractivity contribution in [2.24, 2.45) is 0 Å². The molecule has 5 heteroatoms. The highest BCUT2D eigenvalue weighted by Gasteiger charge is 2.11. The fourth-order valence-electron chi connectivity index (χ4n) is 2.15. The molecular formula is C16H21NO3S. The van der Waals surface area contributed by atoms with Crippen LogP contribution in [0.3, 0.4) is 0 Å². The molecule has 2 rings (SSSR count). The predicted octanol–water partition coefficient (Wildman–Crippen LogP) is 3.69. The van der Waals surface area contributed by atoms with Crippen molar-refractivity contribution in [1.29, 1.82) is 0 Å². The standard InChI is InChI=1S/C16H21NO3S/c1-2-3-4-7-10-20-13-9-6-5-8-12(13)11-14-15(18)17-16(19)21-14/h5-6,8-9,18H,2-4,7,10-11H2,1H3,(H,17,19). The van der Waals surface area contributed by atoms with E-state index in [0.29, 0.717) is 17.9 Å². The van der Waals surface area contributed by atoms with Crippen LogP contribution in [0.2, 0.25) is 0 Å². The minimum absolute atomic E-state index is 0.0391. The molecular weight excluding hydrogens is 286 g/mol. The zero-order chi connectivity index (χ0) is 15.1. The fourth-order valence-corrected chi connectivity index (χ4v) is 2.89. The summed E-state index contributed by atoms with van der Waals surface area (Å²) in [7, 11) is 0. The van der Waals surface area contributed by atoms with Gasteiger partial charge in [-0.15, -0.1) is 0 Å². The van der Waals surface area contributed by atoms with Crippen molar-refractivity contribution >= 4 is 11.3 Å². The smallest absolute Gasteiger partial charge is 0.307 e. The second-order valence-corrected chi connectivity index (χ2v) is 6.05. The highest BCUT2D eigenvalue weighted by atomic mass is 32.1. The number of para-hydroxylation sites is 1. The van der Waals surface area contributed by atoms with Gasteiger partial charge in [0.15, 0.2) is 0 Å². The minimum Gasteiger partial charge on any atom is -0.494 e. The van der Waals surface area contributed by atoms with Crippen LogP contribution in [0, 0.1) is 0 Å². The maximum absolute atomic E-state index is 11.2. The van der Waals surface area contributed by atoms with Crippen molar-refractivity contribution < 1.29 is 9.84 Å². The first kappa shape index (κ1) is 15.6. The van der Waals surface area contributed by atoms with Gasteiger partial charge in [-0.1, -0.05) is 55.7 Å². The third kappa shape index (κ3) is 4.63. The number of unbranched alkanes of at least 4 members (excludes halogenated alkanes) is 3. The van der Waals surface area contributed by atoms with Gasteiger partial charge in [0.1, 0.15) is 5.75 Å². The molecule has 0 aliphatic rings. The third-order valence-corrected chi connectivity index (χ3v) is 4.15. The normalized spacial score (nSPS) is 10.7. The Hall–Kier alpha value is -1.75. The molecule has 0 spiro atoms. The number of aromatic hydroxyl groups is 1. The zero-order valence-electron chi connectivity index (χ0n) is 12.2. The highest BCUT2D eigenvalue weighted by Crippen LogP contribution is 2.26. The van der Waals surface area contributed by atoms with Gasteiger partial charge in [0.25, 0.3) is 0 Å². The fraction of sp³-hybridized carbons (Fsp3) is 0.438. The number of ether oxygens (including phenoxy) is 1. The topological polar surface area (TPSA) is 62.3 Å². The molecule has 1 heterocycles. The minimum atomic E-state index is -0.236. The molecule has 0 amide bonds. The van der Waals surface area contributed by atoms with Crippen LogP contribution in [0.5, 0.6) is 11.6 Å². The molecule has 0 fully saturated rings. The SMILES string of the molecule is CCCCCCOc1ccccc1Cc1sc(=O)[nH]c1O. The lowest BCUT2D eigenvalue weighted by Gasteiger charge is -2.10. The maximum Gasteiger partial charge on any atom is 0.307 e. The van der Waals surface area contributed by atoms with E-state index in [2.05, 4.69) is 11.9 Å². The number of rotatable bonds is 8. The van der Waals surface area contributed by atoms with Crippen molar-refractivity contribution in [2.45, 2.75) is 39.0 Å². The Kier molecular flexibility index (Phi) is 5.87. The molecule has 0 unspecified atom stereocenters. The molecule has 2 aromatic rings. The summed E-state index contributed by atoms with van der Waals surface area (Å²) < 4.78 is 5.84. The largest absolute Gasteiger partial charge is 0.494 e. The predicted molar refractivity (Wildman–Crippen MR) is 85.5 cm³/mol. The van der Waals surface area contributed by atoms with Gasteiger partial charge in [-0.25, -0.2) is 0 Å². The average molecular weight is 307 g/mol. The lowest BCUT2D eigenvalue weighted by atomic mass is 10.1. The molecule has 21 heavy (non-hydrogen) atoms. The summed E-state index contributed by atoms with van der Waals surface area (Å²) in [5, 5.41) is 9.67. The summed E-state index contributed by atoms with van der Waals surface area (Å²) in [6, 6.07) is 7.77. The van der Waals surface area contributed by atoms with Crippen LogP contribution in [0.4, 0.5) is 0 Å². The van der Waals surface area contributed by atoms with E-state index in [1.54, 1.807) is 0 Å². The molecule has 0 atom stereocenters. The molecule has 0 saturated heterocycles. The number of hydrogen-bond donors (Lipinski definition) is 2. The Morgan fingerprint density at radius 2 is 2.05 bits per heavy atom. The van der Waals surface area contributed by atoms with E-state index in [9.17, 15) is 9.90 Å². The van der Waals surface area contributed by atoms with Gasteiger partial charge < -0.3 is 9.84 Å². The van der Waals surface area contributed by atoms with E-state index in [4.69, 9.17) is 4.74 Å². The summed E-state index contributed by atoms with van der Waals surface area (Å²) in [5.41, 5.74) is 0.985. The summed E-state index contributed by atoms with van der Waals surface area (Å²) >= 11 is 1.04. The van der Waals surface area contributed by atoms with Crippen molar-refractivity contribution in [3.8, 4) is 11.6 Å². The van der Waals surface area contributed by atoms with E-state index in [1.807, 2.05) is 24.3 Å². The number of nitrogens with one attached hydrogen (secondary N) is 1. The first-order valence-electron chi connectivity index (χ1n) is 7.32. The summed E-state index contributed by atoms with van der Waals surface area (Å²) in [6.45, 7) is 2.89. The first-order chi connectivity index (χ1) is 10.2. The Bertz CT molecular complexity index is 618. The van der Waals surface area contributed by atoms with Gasteiger partial charge in [-0.05, 0) is 18.1 Å². The van der Waals surface area contributed by atoms with Gasteiger partial charge >= 0.3 is 4.87 Å². The molecule has 0 bridgehead atoms. The van der Waals surface area contributed by atoms with E-state index < -0.39 is 0 Å². The number of benzene rings is 1. The van der Waals surface area contributed by atoms with Crippen LogP contribution in [0.25, 0.3) is 0 Å². The summed E-state index contributed by atoms with van der Waals surface area (Å²) in [4.78, 5) is 14.0. The molecule has 0 saturated carbocycles. The molecule has 0 radical (unpaired) electrons. The number of hydrogen-bond acceptors (Lipinski definition) is 4. The second-order valence-electron chi connectivity index (χ2n) is 4.98. The van der Waals surface area contributed by atoms with Gasteiger partial charge in [-0.2, -0.15) is 0 Å². The van der Waals surface area contributed by atoms with Gasteiger partial charge in [0.2, 0.25) is 5.88 Å². The lowest BCUT2D eigenvalue weighted by Crippen LogP contribution is -2.00. The summed E-state index contributed by atoms with van der Waals surface area (Å²) in [6.07, 6.45) is 5.17. The second kappa shape index (κ2) is 7.88. The van der Waals surface area contributed by atoms with Crippen LogP contribution in [0.15, 0.2) is 29.1 Å². The van der Waals surface area contributed by atoms with E-state index >= 15 is 0 Å². The van der Waals surface area contributed by atoms with Crippen molar-refractivity contribution in [3.05, 3.63) is 44.4 Å². The Balaban J connectivity index is 1.99. The molecule has 1 aromatic heterocycles. The molecule has 4 nitrogen and oxygen atoms in total. The number of aromatic amines is 1. The summed E-state index contributed by atoms with van der Waals surface area (Å²) in [5.74, 6) is 0.789. The molecule has 2 N–H and O–H groups in total. The number of thiazole rings is 1. The quantitative estimate of drug-likeness (QED) is 0.731. The maximum atomic E-state index is 11.2. The van der Waals surface area contributed by atoms with Crippen LogP contribution in [-0.4, -0.2) is 16.7 Å². The Labute approximate surface area is 128 Å².